The molecule has 0 aliphatic carbocycles. The maximum atomic E-state index is 12.9. The Bertz CT molecular complexity index is 1620. The molecule has 0 saturated heterocycles. The summed E-state index contributed by atoms with van der Waals surface area (Å²) >= 11 is 0. The highest BCUT2D eigenvalue weighted by atomic mass is 16.6. The van der Waals surface area contributed by atoms with E-state index >= 15 is 0 Å². The van der Waals surface area contributed by atoms with Gasteiger partial charge in [-0.05, 0) is 96.3 Å². The van der Waals surface area contributed by atoms with Gasteiger partial charge in [-0.1, -0.05) is 303 Å². The van der Waals surface area contributed by atoms with E-state index in [0.29, 0.717) is 19.3 Å². The third-order valence-corrected chi connectivity index (χ3v) is 13.7. The molecule has 78 heavy (non-hydrogen) atoms. The maximum absolute atomic E-state index is 12.9. The molecule has 1 atom stereocenters. The summed E-state index contributed by atoms with van der Waals surface area (Å²) in [5, 5.41) is 0. The lowest BCUT2D eigenvalue weighted by atomic mass is 10.0. The van der Waals surface area contributed by atoms with Gasteiger partial charge in [0.15, 0.2) is 6.10 Å². The molecule has 6 nitrogen and oxygen atoms in total. The number of allylic oxidation sites excluding steroid dienone is 20. The SMILES string of the molecule is CC/C=C\C/C=C\C/C=C\C/C=C\C/C=C\C/C=C\C/C=C\C/C=C\C/C=C\C/C=C\CCCCCCC(=O)OCC(COC(=O)CCCCCCCCCCC)OC(=O)CCCCCCCCCCCCCCCCCC. The molecular weight excluding hydrogens is 961 g/mol. The zero-order chi connectivity index (χ0) is 56.4. The number of rotatable bonds is 58. The zero-order valence-electron chi connectivity index (χ0n) is 50.9. The minimum atomic E-state index is -0.786. The van der Waals surface area contributed by atoms with Crippen LogP contribution in [0, 0.1) is 0 Å². The van der Waals surface area contributed by atoms with Gasteiger partial charge in [0.2, 0.25) is 0 Å². The number of esters is 3. The highest BCUT2D eigenvalue weighted by Crippen LogP contribution is 2.16. The van der Waals surface area contributed by atoms with E-state index < -0.39 is 6.10 Å². The number of carbonyl (C=O) groups is 3. The van der Waals surface area contributed by atoms with Gasteiger partial charge in [-0.2, -0.15) is 0 Å². The van der Waals surface area contributed by atoms with Crippen LogP contribution >= 0.6 is 0 Å². The molecule has 444 valence electrons. The van der Waals surface area contributed by atoms with Crippen molar-refractivity contribution in [3.8, 4) is 0 Å². The van der Waals surface area contributed by atoms with E-state index in [4.69, 9.17) is 14.2 Å². The van der Waals surface area contributed by atoms with Crippen LogP contribution in [0.5, 0.6) is 0 Å². The third kappa shape index (κ3) is 62.7. The Labute approximate surface area is 482 Å². The minimum absolute atomic E-state index is 0.0836. The van der Waals surface area contributed by atoms with Gasteiger partial charge in [0.1, 0.15) is 13.2 Å². The van der Waals surface area contributed by atoms with E-state index in [2.05, 4.69) is 142 Å². The van der Waals surface area contributed by atoms with Crippen LogP contribution in [0.4, 0.5) is 0 Å². The molecule has 0 N–H and O–H groups in total. The fraction of sp³-hybridized carbons (Fsp3) is 0.681. The predicted molar refractivity (Wildman–Crippen MR) is 339 cm³/mol. The summed E-state index contributed by atoms with van der Waals surface area (Å²) in [7, 11) is 0. The van der Waals surface area contributed by atoms with Crippen LogP contribution in [-0.2, 0) is 28.6 Å². The average molecular weight is 1080 g/mol. The Hall–Kier alpha value is -4.19. The van der Waals surface area contributed by atoms with Gasteiger partial charge in [0.05, 0.1) is 0 Å². The van der Waals surface area contributed by atoms with Gasteiger partial charge in [-0.25, -0.2) is 0 Å². The Balaban J connectivity index is 4.23. The summed E-state index contributed by atoms with van der Waals surface area (Å²) in [5.74, 6) is -0.905. The van der Waals surface area contributed by atoms with Crippen LogP contribution in [0.15, 0.2) is 122 Å². The topological polar surface area (TPSA) is 78.9 Å². The van der Waals surface area contributed by atoms with E-state index in [0.717, 1.165) is 135 Å². The monoisotopic (exact) mass is 1080 g/mol. The van der Waals surface area contributed by atoms with Gasteiger partial charge in [-0.15, -0.1) is 0 Å². The van der Waals surface area contributed by atoms with Crippen molar-refractivity contribution in [1.29, 1.82) is 0 Å². The van der Waals surface area contributed by atoms with Crippen LogP contribution in [0.2, 0.25) is 0 Å². The Morgan fingerprint density at radius 2 is 0.500 bits per heavy atom. The molecule has 0 aliphatic heterocycles. The molecule has 0 radical (unpaired) electrons. The van der Waals surface area contributed by atoms with Crippen molar-refractivity contribution in [3.05, 3.63) is 122 Å². The molecule has 0 aromatic carbocycles. The van der Waals surface area contributed by atoms with Crippen LogP contribution in [0.1, 0.15) is 297 Å². The minimum Gasteiger partial charge on any atom is -0.462 e. The molecule has 0 bridgehead atoms. The second-order valence-corrected chi connectivity index (χ2v) is 21.3. The fourth-order valence-corrected chi connectivity index (χ4v) is 8.88. The van der Waals surface area contributed by atoms with Crippen molar-refractivity contribution < 1.29 is 28.6 Å². The van der Waals surface area contributed by atoms with Crippen molar-refractivity contribution in [2.45, 2.75) is 303 Å². The molecule has 0 rings (SSSR count). The van der Waals surface area contributed by atoms with Gasteiger partial charge in [0, 0.05) is 19.3 Å². The summed E-state index contributed by atoms with van der Waals surface area (Å²) in [6, 6.07) is 0. The zero-order valence-corrected chi connectivity index (χ0v) is 50.9. The molecule has 0 aromatic heterocycles. The molecule has 0 amide bonds. The van der Waals surface area contributed by atoms with E-state index in [1.165, 1.54) is 122 Å². The van der Waals surface area contributed by atoms with Crippen molar-refractivity contribution in [2.75, 3.05) is 13.2 Å². The lowest BCUT2D eigenvalue weighted by Gasteiger charge is -2.18. The first-order valence-corrected chi connectivity index (χ1v) is 32.5. The number of hydrogen-bond donors (Lipinski definition) is 0. The van der Waals surface area contributed by atoms with E-state index in [-0.39, 0.29) is 31.1 Å². The fourth-order valence-electron chi connectivity index (χ4n) is 8.88. The summed E-state index contributed by atoms with van der Waals surface area (Å²) in [6.45, 7) is 6.50. The molecule has 0 aromatic rings. The third-order valence-electron chi connectivity index (χ3n) is 13.7. The molecule has 6 heteroatoms. The van der Waals surface area contributed by atoms with E-state index in [1.807, 2.05) is 0 Å². The predicted octanol–water partition coefficient (Wildman–Crippen LogP) is 22.4. The van der Waals surface area contributed by atoms with Crippen LogP contribution in [0.25, 0.3) is 0 Å². The van der Waals surface area contributed by atoms with Crippen molar-refractivity contribution in [3.63, 3.8) is 0 Å². The quantitative estimate of drug-likeness (QED) is 0.0261. The van der Waals surface area contributed by atoms with Crippen LogP contribution in [-0.4, -0.2) is 37.2 Å². The first kappa shape index (κ1) is 73.8. The van der Waals surface area contributed by atoms with Gasteiger partial charge in [-0.3, -0.25) is 14.4 Å². The lowest BCUT2D eigenvalue weighted by molar-refractivity contribution is -0.167. The van der Waals surface area contributed by atoms with Gasteiger partial charge < -0.3 is 14.2 Å². The smallest absolute Gasteiger partial charge is 0.306 e. The second-order valence-electron chi connectivity index (χ2n) is 21.3. The largest absolute Gasteiger partial charge is 0.462 e. The molecule has 0 spiro atoms. The molecule has 0 fully saturated rings. The highest BCUT2D eigenvalue weighted by Gasteiger charge is 2.19. The van der Waals surface area contributed by atoms with Crippen LogP contribution in [0.3, 0.4) is 0 Å². The molecule has 0 aliphatic rings. The number of unbranched alkanes of at least 4 members (excludes halogenated alkanes) is 27. The van der Waals surface area contributed by atoms with Crippen molar-refractivity contribution in [2.24, 2.45) is 0 Å². The Kier molecular flexibility index (Phi) is 61.8. The Morgan fingerprint density at radius 3 is 0.782 bits per heavy atom. The number of ether oxygens (including phenoxy) is 3. The standard InChI is InChI=1S/C72H120O6/c1-4-7-10-13-16-19-21-23-25-27-28-29-30-31-32-33-34-35-36-37-38-39-40-41-42-43-44-45-47-48-50-53-56-59-62-65-71(74)77-68-69(67-76-70(73)64-61-58-55-52-18-15-12-9-6-3)78-72(75)66-63-60-57-54-51-49-46-26-24-22-20-17-14-11-8-5-2/h7,10,16,19,23,25,28-29,31-32,34-35,37-38,40-41,43-44,47-48,69H,4-6,8-9,11-15,17-18,20-22,24,26-27,30,33,36,39,42,45-46,49-68H2,1-3H3/b10-7-,19-16-,25-23-,29-28-,32-31-,35-34-,38-37-,41-40-,44-43-,48-47-. The van der Waals surface area contributed by atoms with Gasteiger partial charge in [0.25, 0.3) is 0 Å². The average Bonchev–Trinajstić information content (AvgIpc) is 3.44. The normalized spacial score (nSPS) is 12.9. The molecule has 1 unspecified atom stereocenters. The molecule has 0 heterocycles. The first-order chi connectivity index (χ1) is 38.5. The van der Waals surface area contributed by atoms with Crippen LogP contribution < -0.4 is 0 Å². The van der Waals surface area contributed by atoms with E-state index in [9.17, 15) is 14.4 Å². The van der Waals surface area contributed by atoms with Crippen molar-refractivity contribution >= 4 is 17.9 Å². The first-order valence-electron chi connectivity index (χ1n) is 32.5. The summed E-state index contributed by atoms with van der Waals surface area (Å²) < 4.78 is 16.8. The highest BCUT2D eigenvalue weighted by molar-refractivity contribution is 5.71. The lowest BCUT2D eigenvalue weighted by Crippen LogP contribution is -2.30. The molecule has 0 saturated carbocycles. The summed E-state index contributed by atoms with van der Waals surface area (Å²) in [6.07, 6.45) is 90.8. The van der Waals surface area contributed by atoms with Crippen molar-refractivity contribution in [1.82, 2.24) is 0 Å². The number of carbonyl (C=O) groups excluding carboxylic acids is 3. The number of hydrogen-bond acceptors (Lipinski definition) is 6. The van der Waals surface area contributed by atoms with Gasteiger partial charge >= 0.3 is 17.9 Å². The maximum Gasteiger partial charge on any atom is 0.306 e. The Morgan fingerprint density at radius 1 is 0.269 bits per heavy atom. The van der Waals surface area contributed by atoms with E-state index in [1.54, 1.807) is 0 Å². The summed E-state index contributed by atoms with van der Waals surface area (Å²) in [4.78, 5) is 38.1. The summed E-state index contributed by atoms with van der Waals surface area (Å²) in [5.41, 5.74) is 0. The molecular formula is C72H120O6. The second kappa shape index (κ2) is 65.3.